The number of carbonyl (C=O) groups excluding carboxylic acids is 1. The molecule has 0 aliphatic carbocycles. The van der Waals surface area contributed by atoms with Crippen molar-refractivity contribution in [1.82, 2.24) is 19.9 Å². The van der Waals surface area contributed by atoms with Gasteiger partial charge >= 0.3 is 0 Å². The Labute approximate surface area is 135 Å². The van der Waals surface area contributed by atoms with Crippen LogP contribution in [0.3, 0.4) is 0 Å². The first-order valence-electron chi connectivity index (χ1n) is 8.16. The molecule has 3 heterocycles. The third kappa shape index (κ3) is 2.43. The van der Waals surface area contributed by atoms with Crippen LogP contribution in [0.2, 0.25) is 0 Å². The van der Waals surface area contributed by atoms with E-state index >= 15 is 0 Å². The predicted molar refractivity (Wildman–Crippen MR) is 84.6 cm³/mol. The van der Waals surface area contributed by atoms with Crippen LogP contribution in [0, 0.1) is 0 Å². The maximum atomic E-state index is 12.2. The van der Waals surface area contributed by atoms with Crippen LogP contribution in [-0.4, -0.2) is 45.0 Å². The molecule has 23 heavy (non-hydrogen) atoms. The van der Waals surface area contributed by atoms with Gasteiger partial charge in [0.1, 0.15) is 5.69 Å². The number of ether oxygens (including phenoxy) is 1. The molecule has 2 aliphatic rings. The summed E-state index contributed by atoms with van der Waals surface area (Å²) in [5.74, 6) is 0.204. The van der Waals surface area contributed by atoms with E-state index in [2.05, 4.69) is 10.3 Å². The number of hydrogen-bond donors (Lipinski definition) is 0. The number of hydrogen-bond acceptors (Lipinski definition) is 4. The van der Waals surface area contributed by atoms with Gasteiger partial charge in [0.15, 0.2) is 0 Å². The van der Waals surface area contributed by atoms with Gasteiger partial charge in [-0.05, 0) is 6.42 Å². The highest BCUT2D eigenvalue weighted by atomic mass is 16.5. The third-order valence-corrected chi connectivity index (χ3v) is 4.64. The molecule has 6 heteroatoms. The Balaban J connectivity index is 1.62. The maximum Gasteiger partial charge on any atom is 0.222 e. The fraction of sp³-hybridized carbons (Fsp3) is 0.471. The molecular weight excluding hydrogens is 292 g/mol. The molecule has 120 valence electrons. The average Bonchev–Trinajstić information content (AvgIpc) is 3.19. The van der Waals surface area contributed by atoms with Crippen LogP contribution in [0.4, 0.5) is 0 Å². The lowest BCUT2D eigenvalue weighted by atomic mass is 10.1. The Morgan fingerprint density at radius 2 is 2.13 bits per heavy atom. The summed E-state index contributed by atoms with van der Waals surface area (Å²) >= 11 is 0. The minimum Gasteiger partial charge on any atom is -0.368 e. The van der Waals surface area contributed by atoms with Crippen molar-refractivity contribution in [3.8, 4) is 11.3 Å². The van der Waals surface area contributed by atoms with E-state index in [0.717, 1.165) is 23.4 Å². The predicted octanol–water partition coefficient (Wildman–Crippen LogP) is 2.03. The molecule has 2 atom stereocenters. The molecule has 1 saturated heterocycles. The Morgan fingerprint density at radius 1 is 1.30 bits per heavy atom. The molecule has 6 nitrogen and oxygen atoms in total. The highest BCUT2D eigenvalue weighted by molar-refractivity contribution is 5.76. The van der Waals surface area contributed by atoms with E-state index in [-0.39, 0.29) is 18.1 Å². The van der Waals surface area contributed by atoms with Crippen molar-refractivity contribution in [3.05, 3.63) is 36.0 Å². The Hall–Kier alpha value is -2.21. The number of nitrogens with zero attached hydrogens (tertiary/aromatic N) is 4. The normalized spacial score (nSPS) is 22.7. The van der Waals surface area contributed by atoms with E-state index in [4.69, 9.17) is 4.74 Å². The maximum absolute atomic E-state index is 12.2. The van der Waals surface area contributed by atoms with E-state index in [1.807, 2.05) is 46.8 Å². The molecule has 0 saturated carbocycles. The molecular formula is C17H20N4O2. The molecule has 2 aromatic rings. The molecule has 1 aromatic heterocycles. The van der Waals surface area contributed by atoms with Crippen molar-refractivity contribution in [1.29, 1.82) is 0 Å². The van der Waals surface area contributed by atoms with Crippen LogP contribution < -0.4 is 0 Å². The largest absolute Gasteiger partial charge is 0.368 e. The van der Waals surface area contributed by atoms with Gasteiger partial charge in [0.05, 0.1) is 24.4 Å². The standard InChI is InChI=1S/C17H20N4O2/c1-2-6-16(22)20-9-13-15(10-20)23-11-14-17(18-19-21(13)14)12-7-4-3-5-8-12/h3-5,7-8,13,15H,2,6,9-11H2,1H3/t13-,15-/m0/s1. The second kappa shape index (κ2) is 5.77. The summed E-state index contributed by atoms with van der Waals surface area (Å²) in [4.78, 5) is 14.1. The van der Waals surface area contributed by atoms with Gasteiger partial charge in [-0.25, -0.2) is 4.68 Å². The quantitative estimate of drug-likeness (QED) is 0.870. The third-order valence-electron chi connectivity index (χ3n) is 4.64. The van der Waals surface area contributed by atoms with Gasteiger partial charge in [0.2, 0.25) is 5.91 Å². The van der Waals surface area contributed by atoms with Crippen LogP contribution in [0.15, 0.2) is 30.3 Å². The van der Waals surface area contributed by atoms with Crippen LogP contribution in [0.1, 0.15) is 31.5 Å². The summed E-state index contributed by atoms with van der Waals surface area (Å²) in [5, 5.41) is 8.73. The number of carbonyl (C=O) groups is 1. The van der Waals surface area contributed by atoms with Gasteiger partial charge in [0.25, 0.3) is 0 Å². The second-order valence-electron chi connectivity index (χ2n) is 6.16. The topological polar surface area (TPSA) is 60.3 Å². The van der Waals surface area contributed by atoms with Crippen LogP contribution in [-0.2, 0) is 16.1 Å². The van der Waals surface area contributed by atoms with E-state index in [9.17, 15) is 4.79 Å². The molecule has 0 bridgehead atoms. The smallest absolute Gasteiger partial charge is 0.222 e. The van der Waals surface area contributed by atoms with Gasteiger partial charge in [-0.1, -0.05) is 42.5 Å². The highest BCUT2D eigenvalue weighted by Crippen LogP contribution is 2.34. The minimum absolute atomic E-state index is 0.0219. The van der Waals surface area contributed by atoms with Gasteiger partial charge in [0, 0.05) is 25.1 Å². The zero-order valence-corrected chi connectivity index (χ0v) is 13.2. The fourth-order valence-electron chi connectivity index (χ4n) is 3.45. The van der Waals surface area contributed by atoms with Crippen molar-refractivity contribution in [3.63, 3.8) is 0 Å². The first kappa shape index (κ1) is 14.4. The monoisotopic (exact) mass is 312 g/mol. The molecule has 0 unspecified atom stereocenters. The summed E-state index contributed by atoms with van der Waals surface area (Å²) in [6, 6.07) is 10.1. The molecule has 0 spiro atoms. The molecule has 1 aromatic carbocycles. The Bertz CT molecular complexity index is 713. The Morgan fingerprint density at radius 3 is 2.91 bits per heavy atom. The van der Waals surface area contributed by atoms with Crippen molar-refractivity contribution < 1.29 is 9.53 Å². The molecule has 2 aliphatic heterocycles. The minimum atomic E-state index is 0.0219. The molecule has 1 fully saturated rings. The summed E-state index contributed by atoms with van der Waals surface area (Å²) in [6.07, 6.45) is 1.49. The average molecular weight is 312 g/mol. The SMILES string of the molecule is CCCC(=O)N1C[C@@H]2OCc3c(-c4ccccc4)nnn3[C@H]2C1. The van der Waals surface area contributed by atoms with Crippen LogP contribution >= 0.6 is 0 Å². The highest BCUT2D eigenvalue weighted by Gasteiger charge is 2.42. The van der Waals surface area contributed by atoms with Crippen molar-refractivity contribution in [2.75, 3.05) is 13.1 Å². The van der Waals surface area contributed by atoms with E-state index < -0.39 is 0 Å². The number of fused-ring (bicyclic) bond motifs is 3. The lowest BCUT2D eigenvalue weighted by Crippen LogP contribution is -2.32. The molecule has 0 N–H and O–H groups in total. The first-order valence-corrected chi connectivity index (χ1v) is 8.16. The molecule has 4 rings (SSSR count). The lowest BCUT2D eigenvalue weighted by Gasteiger charge is -2.26. The number of likely N-dealkylation sites (tertiary alicyclic amines) is 1. The first-order chi connectivity index (χ1) is 11.3. The van der Waals surface area contributed by atoms with Crippen molar-refractivity contribution in [2.24, 2.45) is 0 Å². The van der Waals surface area contributed by atoms with Crippen molar-refractivity contribution >= 4 is 5.91 Å². The van der Waals surface area contributed by atoms with Gasteiger partial charge < -0.3 is 9.64 Å². The summed E-state index contributed by atoms with van der Waals surface area (Å²) in [5.41, 5.74) is 2.93. The molecule has 0 radical (unpaired) electrons. The number of amides is 1. The zero-order valence-electron chi connectivity index (χ0n) is 13.2. The number of benzene rings is 1. The number of rotatable bonds is 3. The molecule has 1 amide bonds. The summed E-state index contributed by atoms with van der Waals surface area (Å²) < 4.78 is 7.98. The van der Waals surface area contributed by atoms with Gasteiger partial charge in [-0.2, -0.15) is 0 Å². The zero-order chi connectivity index (χ0) is 15.8. The van der Waals surface area contributed by atoms with Gasteiger partial charge in [-0.3, -0.25) is 4.79 Å². The van der Waals surface area contributed by atoms with Crippen molar-refractivity contribution in [2.45, 2.75) is 38.5 Å². The van der Waals surface area contributed by atoms with Crippen LogP contribution in [0.5, 0.6) is 0 Å². The lowest BCUT2D eigenvalue weighted by molar-refractivity contribution is -0.130. The van der Waals surface area contributed by atoms with E-state index in [1.165, 1.54) is 0 Å². The Kier molecular flexibility index (Phi) is 3.61. The number of aromatic nitrogens is 3. The second-order valence-corrected chi connectivity index (χ2v) is 6.16. The fourth-order valence-corrected chi connectivity index (χ4v) is 3.45. The van der Waals surface area contributed by atoms with E-state index in [1.54, 1.807) is 0 Å². The van der Waals surface area contributed by atoms with E-state index in [0.29, 0.717) is 26.1 Å². The van der Waals surface area contributed by atoms with Gasteiger partial charge in [-0.15, -0.1) is 5.10 Å². The summed E-state index contributed by atoms with van der Waals surface area (Å²) in [6.45, 7) is 3.84. The summed E-state index contributed by atoms with van der Waals surface area (Å²) in [7, 11) is 0. The van der Waals surface area contributed by atoms with Crippen LogP contribution in [0.25, 0.3) is 11.3 Å².